The van der Waals surface area contributed by atoms with Gasteiger partial charge in [-0.25, -0.2) is 4.39 Å². The SMILES string of the molecule is CC1Oc2ccccc2N(CCC(=O)Oc2ccc(Br)cc2F)C1=O. The van der Waals surface area contributed by atoms with Gasteiger partial charge in [-0.05, 0) is 37.3 Å². The smallest absolute Gasteiger partial charge is 0.313 e. The lowest BCUT2D eigenvalue weighted by molar-refractivity contribution is -0.134. The Bertz CT molecular complexity index is 826. The lowest BCUT2D eigenvalue weighted by atomic mass is 10.2. The third-order valence-corrected chi connectivity index (χ3v) is 4.22. The first kappa shape index (κ1) is 17.4. The van der Waals surface area contributed by atoms with Gasteiger partial charge in [-0.1, -0.05) is 28.1 Å². The van der Waals surface area contributed by atoms with Gasteiger partial charge in [0, 0.05) is 11.0 Å². The number of rotatable bonds is 4. The summed E-state index contributed by atoms with van der Waals surface area (Å²) in [6.07, 6.45) is -0.697. The Hall–Kier alpha value is -2.41. The maximum atomic E-state index is 13.7. The van der Waals surface area contributed by atoms with Crippen LogP contribution in [0.15, 0.2) is 46.9 Å². The summed E-state index contributed by atoms with van der Waals surface area (Å²) >= 11 is 3.14. The predicted octanol–water partition coefficient (Wildman–Crippen LogP) is 3.70. The summed E-state index contributed by atoms with van der Waals surface area (Å²) in [6.45, 7) is 1.78. The van der Waals surface area contributed by atoms with E-state index in [1.165, 1.54) is 17.0 Å². The summed E-state index contributed by atoms with van der Waals surface area (Å²) in [5.74, 6) is -1.05. The number of carbonyl (C=O) groups excluding carboxylic acids is 2. The fourth-order valence-electron chi connectivity index (χ4n) is 2.52. The van der Waals surface area contributed by atoms with Crippen molar-refractivity contribution in [2.24, 2.45) is 0 Å². The van der Waals surface area contributed by atoms with E-state index in [1.54, 1.807) is 31.2 Å². The molecule has 130 valence electrons. The van der Waals surface area contributed by atoms with E-state index in [1.807, 2.05) is 6.07 Å². The van der Waals surface area contributed by atoms with E-state index in [0.717, 1.165) is 0 Å². The van der Waals surface area contributed by atoms with Crippen LogP contribution in [0.1, 0.15) is 13.3 Å². The average molecular weight is 408 g/mol. The first-order valence-electron chi connectivity index (χ1n) is 7.68. The highest BCUT2D eigenvalue weighted by Crippen LogP contribution is 2.33. The van der Waals surface area contributed by atoms with Gasteiger partial charge in [-0.15, -0.1) is 0 Å². The summed E-state index contributed by atoms with van der Waals surface area (Å²) < 4.78 is 24.9. The maximum Gasteiger partial charge on any atom is 0.313 e. The fourth-order valence-corrected chi connectivity index (χ4v) is 2.86. The van der Waals surface area contributed by atoms with Crippen molar-refractivity contribution >= 4 is 33.5 Å². The summed E-state index contributed by atoms with van der Waals surface area (Å²) in [4.78, 5) is 25.8. The summed E-state index contributed by atoms with van der Waals surface area (Å²) in [6, 6.07) is 11.3. The van der Waals surface area contributed by atoms with Crippen molar-refractivity contribution in [2.75, 3.05) is 11.4 Å². The van der Waals surface area contributed by atoms with Crippen molar-refractivity contribution in [1.29, 1.82) is 0 Å². The highest BCUT2D eigenvalue weighted by Gasteiger charge is 2.31. The Morgan fingerprint density at radius 3 is 2.84 bits per heavy atom. The molecule has 0 N–H and O–H groups in total. The number of amides is 1. The third kappa shape index (κ3) is 3.82. The van der Waals surface area contributed by atoms with Crippen molar-refractivity contribution in [3.05, 3.63) is 52.8 Å². The molecule has 5 nitrogen and oxygen atoms in total. The zero-order chi connectivity index (χ0) is 18.0. The number of fused-ring (bicyclic) bond motifs is 1. The van der Waals surface area contributed by atoms with Crippen LogP contribution in [0.25, 0.3) is 0 Å². The van der Waals surface area contributed by atoms with Gasteiger partial charge < -0.3 is 14.4 Å². The number of benzene rings is 2. The number of hydrogen-bond acceptors (Lipinski definition) is 4. The maximum absolute atomic E-state index is 13.7. The van der Waals surface area contributed by atoms with E-state index < -0.39 is 17.9 Å². The largest absolute Gasteiger partial charge is 0.479 e. The summed E-state index contributed by atoms with van der Waals surface area (Å²) in [5, 5.41) is 0. The van der Waals surface area contributed by atoms with E-state index in [0.29, 0.717) is 15.9 Å². The molecule has 0 saturated heterocycles. The standard InChI is InChI=1S/C18H15BrFNO4/c1-11-18(23)21(14-4-2-3-5-16(14)24-11)9-8-17(22)25-15-7-6-12(19)10-13(15)20/h2-7,10-11H,8-9H2,1H3. The molecule has 0 aliphatic carbocycles. The van der Waals surface area contributed by atoms with Crippen LogP contribution in [0, 0.1) is 5.82 Å². The minimum absolute atomic E-state index is 0.0672. The summed E-state index contributed by atoms with van der Waals surface area (Å²) in [7, 11) is 0. The van der Waals surface area contributed by atoms with Gasteiger partial charge in [0.25, 0.3) is 5.91 Å². The second-order valence-electron chi connectivity index (χ2n) is 5.52. The van der Waals surface area contributed by atoms with E-state index >= 15 is 0 Å². The molecular weight excluding hydrogens is 393 g/mol. The zero-order valence-electron chi connectivity index (χ0n) is 13.4. The molecule has 1 aliphatic heterocycles. The minimum atomic E-state index is -0.635. The highest BCUT2D eigenvalue weighted by molar-refractivity contribution is 9.10. The zero-order valence-corrected chi connectivity index (χ0v) is 15.0. The van der Waals surface area contributed by atoms with Crippen LogP contribution in [0.2, 0.25) is 0 Å². The minimum Gasteiger partial charge on any atom is -0.479 e. The highest BCUT2D eigenvalue weighted by atomic mass is 79.9. The monoisotopic (exact) mass is 407 g/mol. The van der Waals surface area contributed by atoms with Gasteiger partial charge in [0.1, 0.15) is 5.75 Å². The number of hydrogen-bond donors (Lipinski definition) is 0. The first-order chi connectivity index (χ1) is 12.0. The van der Waals surface area contributed by atoms with E-state index in [4.69, 9.17) is 9.47 Å². The van der Waals surface area contributed by atoms with Crippen molar-refractivity contribution < 1.29 is 23.5 Å². The van der Waals surface area contributed by atoms with Crippen LogP contribution in [0.4, 0.5) is 10.1 Å². The molecule has 1 heterocycles. The molecule has 1 aliphatic rings. The molecule has 0 aromatic heterocycles. The number of nitrogens with zero attached hydrogens (tertiary/aromatic N) is 1. The molecule has 1 unspecified atom stereocenters. The van der Waals surface area contributed by atoms with Crippen molar-refractivity contribution in [2.45, 2.75) is 19.4 Å². The van der Waals surface area contributed by atoms with Gasteiger partial charge in [-0.2, -0.15) is 0 Å². The van der Waals surface area contributed by atoms with Gasteiger partial charge in [0.15, 0.2) is 17.7 Å². The van der Waals surface area contributed by atoms with Gasteiger partial charge in [-0.3, -0.25) is 9.59 Å². The molecule has 2 aromatic rings. The predicted molar refractivity (Wildman–Crippen MR) is 93.2 cm³/mol. The van der Waals surface area contributed by atoms with Crippen molar-refractivity contribution in [3.63, 3.8) is 0 Å². The second-order valence-corrected chi connectivity index (χ2v) is 6.43. The van der Waals surface area contributed by atoms with Crippen molar-refractivity contribution in [3.8, 4) is 11.5 Å². The quantitative estimate of drug-likeness (QED) is 0.572. The topological polar surface area (TPSA) is 55.8 Å². The van der Waals surface area contributed by atoms with E-state index in [2.05, 4.69) is 15.9 Å². The molecule has 0 saturated carbocycles. The van der Waals surface area contributed by atoms with Crippen LogP contribution < -0.4 is 14.4 Å². The Labute approximate surface area is 152 Å². The molecule has 0 radical (unpaired) electrons. The number of halogens is 2. The molecule has 1 amide bonds. The Balaban J connectivity index is 1.68. The van der Waals surface area contributed by atoms with Crippen LogP contribution in [-0.2, 0) is 9.59 Å². The number of ether oxygens (including phenoxy) is 2. The number of esters is 1. The molecule has 7 heteroatoms. The lowest BCUT2D eigenvalue weighted by Crippen LogP contribution is -2.45. The molecule has 25 heavy (non-hydrogen) atoms. The Kier molecular flexibility index (Phi) is 5.03. The number of anilines is 1. The molecule has 1 atom stereocenters. The van der Waals surface area contributed by atoms with Gasteiger partial charge in [0.05, 0.1) is 12.1 Å². The molecule has 2 aromatic carbocycles. The molecule has 0 fully saturated rings. The first-order valence-corrected chi connectivity index (χ1v) is 8.48. The number of carbonyl (C=O) groups is 2. The van der Waals surface area contributed by atoms with Crippen LogP contribution in [0.5, 0.6) is 11.5 Å². The average Bonchev–Trinajstić information content (AvgIpc) is 2.58. The molecular formula is C18H15BrFNO4. The fraction of sp³-hybridized carbons (Fsp3) is 0.222. The van der Waals surface area contributed by atoms with Crippen LogP contribution in [0.3, 0.4) is 0 Å². The Morgan fingerprint density at radius 1 is 1.32 bits per heavy atom. The van der Waals surface area contributed by atoms with Crippen LogP contribution >= 0.6 is 15.9 Å². The molecule has 0 spiro atoms. The van der Waals surface area contributed by atoms with Crippen LogP contribution in [-0.4, -0.2) is 24.5 Å². The Morgan fingerprint density at radius 2 is 2.08 bits per heavy atom. The normalized spacial score (nSPS) is 16.2. The van der Waals surface area contributed by atoms with Gasteiger partial charge >= 0.3 is 5.97 Å². The third-order valence-electron chi connectivity index (χ3n) is 3.73. The van der Waals surface area contributed by atoms with E-state index in [-0.39, 0.29) is 24.6 Å². The molecule has 0 bridgehead atoms. The summed E-state index contributed by atoms with van der Waals surface area (Å²) in [5.41, 5.74) is 0.605. The molecule has 3 rings (SSSR count). The number of para-hydroxylation sites is 2. The van der Waals surface area contributed by atoms with Crippen molar-refractivity contribution in [1.82, 2.24) is 0 Å². The van der Waals surface area contributed by atoms with E-state index in [9.17, 15) is 14.0 Å². The van der Waals surface area contributed by atoms with Gasteiger partial charge in [0.2, 0.25) is 0 Å². The lowest BCUT2D eigenvalue weighted by Gasteiger charge is -2.32. The second kappa shape index (κ2) is 7.23.